The second-order valence-electron chi connectivity index (χ2n) is 5.16. The van der Waals surface area contributed by atoms with Crippen LogP contribution < -0.4 is 4.90 Å². The number of nitrogens with zero attached hydrogens (tertiary/aromatic N) is 2. The van der Waals surface area contributed by atoms with Crippen LogP contribution in [0.2, 0.25) is 0 Å². The first-order chi connectivity index (χ1) is 9.40. The highest BCUT2D eigenvalue weighted by Gasteiger charge is 2.22. The molecule has 1 aromatic heterocycles. The van der Waals surface area contributed by atoms with Crippen LogP contribution in [-0.4, -0.2) is 17.4 Å². The van der Waals surface area contributed by atoms with E-state index in [-0.39, 0.29) is 0 Å². The third-order valence-corrected chi connectivity index (χ3v) is 3.97. The lowest BCUT2D eigenvalue weighted by Crippen LogP contribution is -2.35. The number of carbonyl (C=O) groups is 1. The molecule has 0 unspecified atom stereocenters. The van der Waals surface area contributed by atoms with Gasteiger partial charge in [0.25, 0.3) is 0 Å². The van der Waals surface area contributed by atoms with Gasteiger partial charge in [-0.1, -0.05) is 37.5 Å². The molecular weight excluding hydrogens is 236 g/mol. The molecule has 1 heterocycles. The molecule has 19 heavy (non-hydrogen) atoms. The molecule has 2 aromatic rings. The SMILES string of the molecule is O=CN(c1cccc2cccnc12)C1CCCCC1. The van der Waals surface area contributed by atoms with Crippen LogP contribution >= 0.6 is 0 Å². The van der Waals surface area contributed by atoms with Gasteiger partial charge in [-0.25, -0.2) is 0 Å². The minimum absolute atomic E-state index is 0.332. The zero-order chi connectivity index (χ0) is 13.1. The van der Waals surface area contributed by atoms with Crippen LogP contribution in [0, 0.1) is 0 Å². The molecule has 0 aliphatic heterocycles. The summed E-state index contributed by atoms with van der Waals surface area (Å²) in [4.78, 5) is 17.9. The fraction of sp³-hybridized carbons (Fsp3) is 0.375. The van der Waals surface area contributed by atoms with Crippen LogP contribution in [0.3, 0.4) is 0 Å². The van der Waals surface area contributed by atoms with Gasteiger partial charge in [-0.15, -0.1) is 0 Å². The van der Waals surface area contributed by atoms with Crippen molar-refractivity contribution in [2.24, 2.45) is 0 Å². The van der Waals surface area contributed by atoms with E-state index in [2.05, 4.69) is 4.98 Å². The zero-order valence-corrected chi connectivity index (χ0v) is 11.0. The van der Waals surface area contributed by atoms with Crippen molar-refractivity contribution < 1.29 is 4.79 Å². The minimum Gasteiger partial charge on any atom is -0.310 e. The van der Waals surface area contributed by atoms with Gasteiger partial charge in [-0.05, 0) is 25.0 Å². The molecule has 1 aliphatic rings. The van der Waals surface area contributed by atoms with Gasteiger partial charge in [0.15, 0.2) is 0 Å². The molecule has 3 rings (SSSR count). The van der Waals surface area contributed by atoms with Crippen LogP contribution in [0.25, 0.3) is 10.9 Å². The predicted molar refractivity (Wildman–Crippen MR) is 77.2 cm³/mol. The van der Waals surface area contributed by atoms with E-state index in [0.717, 1.165) is 35.8 Å². The Kier molecular flexibility index (Phi) is 3.45. The van der Waals surface area contributed by atoms with Crippen molar-refractivity contribution in [1.29, 1.82) is 0 Å². The van der Waals surface area contributed by atoms with Gasteiger partial charge in [-0.3, -0.25) is 9.78 Å². The predicted octanol–water partition coefficient (Wildman–Crippen LogP) is 3.53. The molecule has 98 valence electrons. The van der Waals surface area contributed by atoms with E-state index in [4.69, 9.17) is 0 Å². The first-order valence-corrected chi connectivity index (χ1v) is 6.97. The number of para-hydroxylation sites is 1. The van der Waals surface area contributed by atoms with Crippen molar-refractivity contribution in [3.8, 4) is 0 Å². The summed E-state index contributed by atoms with van der Waals surface area (Å²) in [5.41, 5.74) is 1.86. The summed E-state index contributed by atoms with van der Waals surface area (Å²) in [6.45, 7) is 0. The topological polar surface area (TPSA) is 33.2 Å². The van der Waals surface area contributed by atoms with E-state index in [1.807, 2.05) is 35.2 Å². The monoisotopic (exact) mass is 254 g/mol. The first-order valence-electron chi connectivity index (χ1n) is 6.97. The van der Waals surface area contributed by atoms with Gasteiger partial charge in [0.2, 0.25) is 6.41 Å². The number of carbonyl (C=O) groups excluding carboxylic acids is 1. The van der Waals surface area contributed by atoms with Gasteiger partial charge in [0.1, 0.15) is 0 Å². The fourth-order valence-electron chi connectivity index (χ4n) is 3.00. The lowest BCUT2D eigenvalue weighted by atomic mass is 9.94. The molecule has 1 aliphatic carbocycles. The maximum absolute atomic E-state index is 11.5. The molecule has 0 N–H and O–H groups in total. The smallest absolute Gasteiger partial charge is 0.214 e. The molecule has 0 bridgehead atoms. The number of rotatable bonds is 3. The highest BCUT2D eigenvalue weighted by molar-refractivity contribution is 5.95. The van der Waals surface area contributed by atoms with E-state index in [1.165, 1.54) is 19.3 Å². The second kappa shape index (κ2) is 5.39. The largest absolute Gasteiger partial charge is 0.310 e. The molecule has 0 atom stereocenters. The number of anilines is 1. The van der Waals surface area contributed by atoms with E-state index in [9.17, 15) is 4.79 Å². The quantitative estimate of drug-likeness (QED) is 0.785. The third kappa shape index (κ3) is 2.33. The maximum atomic E-state index is 11.5. The van der Waals surface area contributed by atoms with Gasteiger partial charge >= 0.3 is 0 Å². The lowest BCUT2D eigenvalue weighted by Gasteiger charge is -2.31. The number of benzene rings is 1. The van der Waals surface area contributed by atoms with Crippen LogP contribution in [0.15, 0.2) is 36.5 Å². The molecular formula is C16H18N2O. The molecule has 1 aromatic carbocycles. The van der Waals surface area contributed by atoms with Crippen molar-refractivity contribution in [3.05, 3.63) is 36.5 Å². The number of pyridine rings is 1. The standard InChI is InChI=1S/C16H18N2O/c19-12-18(14-8-2-1-3-9-14)15-10-4-6-13-7-5-11-17-16(13)15/h4-7,10-12,14H,1-3,8-9H2. The van der Waals surface area contributed by atoms with Gasteiger partial charge < -0.3 is 4.90 Å². The Morgan fingerprint density at radius 2 is 1.89 bits per heavy atom. The van der Waals surface area contributed by atoms with Crippen molar-refractivity contribution in [2.75, 3.05) is 4.90 Å². The molecule has 1 saturated carbocycles. The molecule has 0 saturated heterocycles. The molecule has 3 nitrogen and oxygen atoms in total. The van der Waals surface area contributed by atoms with Crippen molar-refractivity contribution in [2.45, 2.75) is 38.1 Å². The Morgan fingerprint density at radius 1 is 1.11 bits per heavy atom. The highest BCUT2D eigenvalue weighted by atomic mass is 16.1. The fourth-order valence-corrected chi connectivity index (χ4v) is 3.00. The summed E-state index contributed by atoms with van der Waals surface area (Å²) in [5, 5.41) is 1.09. The van der Waals surface area contributed by atoms with Crippen LogP contribution in [0.4, 0.5) is 5.69 Å². The van der Waals surface area contributed by atoms with Crippen molar-refractivity contribution in [3.63, 3.8) is 0 Å². The minimum atomic E-state index is 0.332. The molecule has 0 radical (unpaired) electrons. The van der Waals surface area contributed by atoms with Gasteiger partial charge in [-0.2, -0.15) is 0 Å². The Balaban J connectivity index is 2.03. The Labute approximate surface area is 113 Å². The summed E-state index contributed by atoms with van der Waals surface area (Å²) < 4.78 is 0. The second-order valence-corrected chi connectivity index (χ2v) is 5.16. The highest BCUT2D eigenvalue weighted by Crippen LogP contribution is 2.30. The first kappa shape index (κ1) is 12.2. The summed E-state index contributed by atoms with van der Waals surface area (Å²) in [6, 6.07) is 10.3. The van der Waals surface area contributed by atoms with Crippen molar-refractivity contribution >= 4 is 23.0 Å². The Hall–Kier alpha value is -1.90. The zero-order valence-electron chi connectivity index (χ0n) is 11.0. The van der Waals surface area contributed by atoms with Crippen LogP contribution in [-0.2, 0) is 4.79 Å². The van der Waals surface area contributed by atoms with E-state index < -0.39 is 0 Å². The van der Waals surface area contributed by atoms with E-state index >= 15 is 0 Å². The maximum Gasteiger partial charge on any atom is 0.214 e. The number of hydrogen-bond donors (Lipinski definition) is 0. The summed E-state index contributed by atoms with van der Waals surface area (Å²) in [6.07, 6.45) is 8.68. The number of aromatic nitrogens is 1. The molecule has 0 spiro atoms. The van der Waals surface area contributed by atoms with Gasteiger partial charge in [0, 0.05) is 17.6 Å². The average Bonchev–Trinajstić information content (AvgIpc) is 2.49. The van der Waals surface area contributed by atoms with E-state index in [0.29, 0.717) is 6.04 Å². The summed E-state index contributed by atoms with van der Waals surface area (Å²) >= 11 is 0. The average molecular weight is 254 g/mol. The Bertz CT molecular complexity index is 570. The normalized spacial score (nSPS) is 16.4. The van der Waals surface area contributed by atoms with Crippen LogP contribution in [0.1, 0.15) is 32.1 Å². The summed E-state index contributed by atoms with van der Waals surface area (Å²) in [7, 11) is 0. The Morgan fingerprint density at radius 3 is 2.68 bits per heavy atom. The number of amides is 1. The third-order valence-electron chi connectivity index (χ3n) is 3.97. The lowest BCUT2D eigenvalue weighted by molar-refractivity contribution is -0.108. The van der Waals surface area contributed by atoms with Gasteiger partial charge in [0.05, 0.1) is 11.2 Å². The number of fused-ring (bicyclic) bond motifs is 1. The molecule has 1 amide bonds. The molecule has 1 fully saturated rings. The van der Waals surface area contributed by atoms with Crippen LogP contribution in [0.5, 0.6) is 0 Å². The van der Waals surface area contributed by atoms with E-state index in [1.54, 1.807) is 6.20 Å². The van der Waals surface area contributed by atoms with Crippen molar-refractivity contribution in [1.82, 2.24) is 4.98 Å². The summed E-state index contributed by atoms with van der Waals surface area (Å²) in [5.74, 6) is 0. The number of hydrogen-bond acceptors (Lipinski definition) is 2. The molecule has 3 heteroatoms.